The number of aliphatic imine (C=N–C) groups is 1. The minimum absolute atomic E-state index is 0.253. The van der Waals surface area contributed by atoms with Gasteiger partial charge in [-0.3, -0.25) is 4.99 Å². The van der Waals surface area contributed by atoms with E-state index >= 15 is 0 Å². The van der Waals surface area contributed by atoms with Crippen molar-refractivity contribution in [2.24, 2.45) is 4.99 Å². The maximum absolute atomic E-state index is 5.76. The Balaban J connectivity index is 1.59. The molecule has 2 aliphatic rings. The topological polar surface area (TPSA) is 36.9 Å². The molecule has 0 radical (unpaired) electrons. The average Bonchev–Trinajstić information content (AvgIpc) is 2.59. The summed E-state index contributed by atoms with van der Waals surface area (Å²) in [5, 5.41) is 3.67. The molecule has 3 rings (SSSR count). The average molecular weight is 408 g/mol. The Morgan fingerprint density at radius 3 is 2.68 bits per heavy atom. The van der Waals surface area contributed by atoms with Gasteiger partial charge in [0.1, 0.15) is 0 Å². The van der Waals surface area contributed by atoms with Crippen LogP contribution in [0.25, 0.3) is 0 Å². The van der Waals surface area contributed by atoms with Crippen LogP contribution in [0.4, 0.5) is 0 Å². The Kier molecular flexibility index (Phi) is 6.39. The van der Waals surface area contributed by atoms with Gasteiger partial charge >= 0.3 is 0 Å². The zero-order chi connectivity index (χ0) is 17.7. The van der Waals surface area contributed by atoms with Gasteiger partial charge in [0.05, 0.1) is 6.10 Å². The molecule has 0 spiro atoms. The molecular formula is C20H30BrN3O. The molecule has 0 amide bonds. The number of rotatable bonds is 5. The van der Waals surface area contributed by atoms with E-state index in [9.17, 15) is 0 Å². The van der Waals surface area contributed by atoms with E-state index in [1.165, 1.54) is 29.3 Å². The first kappa shape index (κ1) is 18.7. The number of piperidine rings is 1. The van der Waals surface area contributed by atoms with E-state index in [-0.39, 0.29) is 5.41 Å². The van der Waals surface area contributed by atoms with Gasteiger partial charge in [0.15, 0.2) is 5.96 Å². The predicted octanol–water partition coefficient (Wildman–Crippen LogP) is 3.95. The van der Waals surface area contributed by atoms with E-state index in [0.29, 0.717) is 6.10 Å². The molecule has 1 aromatic rings. The van der Waals surface area contributed by atoms with Crippen LogP contribution >= 0.6 is 15.9 Å². The molecule has 0 bridgehead atoms. The summed E-state index contributed by atoms with van der Waals surface area (Å²) in [5.41, 5.74) is 1.69. The fourth-order valence-electron chi connectivity index (χ4n) is 4.04. The highest BCUT2D eigenvalue weighted by Gasteiger charge is 2.39. The lowest BCUT2D eigenvalue weighted by Gasteiger charge is -2.44. The van der Waals surface area contributed by atoms with Gasteiger partial charge in [0.2, 0.25) is 0 Å². The summed E-state index contributed by atoms with van der Waals surface area (Å²) in [4.78, 5) is 6.91. The molecule has 1 aliphatic heterocycles. The zero-order valence-corrected chi connectivity index (χ0v) is 17.0. The second-order valence-corrected chi connectivity index (χ2v) is 8.10. The lowest BCUT2D eigenvalue weighted by atomic mass is 9.64. The molecular weight excluding hydrogens is 378 g/mol. The molecule has 0 aromatic heterocycles. The van der Waals surface area contributed by atoms with Gasteiger partial charge in [-0.25, -0.2) is 0 Å². The van der Waals surface area contributed by atoms with Crippen molar-refractivity contribution < 1.29 is 4.74 Å². The fraction of sp³-hybridized carbons (Fsp3) is 0.650. The van der Waals surface area contributed by atoms with Crippen LogP contribution in [-0.4, -0.2) is 50.3 Å². The minimum Gasteiger partial charge on any atom is -0.378 e. The maximum Gasteiger partial charge on any atom is 0.193 e. The second-order valence-electron chi connectivity index (χ2n) is 7.19. The van der Waals surface area contributed by atoms with Crippen LogP contribution in [0.2, 0.25) is 0 Å². The predicted molar refractivity (Wildman–Crippen MR) is 107 cm³/mol. The maximum atomic E-state index is 5.76. The number of halogens is 1. The molecule has 1 saturated carbocycles. The Bertz CT molecular complexity index is 592. The molecule has 1 N–H and O–H groups in total. The Morgan fingerprint density at radius 1 is 1.36 bits per heavy atom. The summed E-state index contributed by atoms with van der Waals surface area (Å²) >= 11 is 3.62. The Labute approximate surface area is 160 Å². The second kappa shape index (κ2) is 8.54. The van der Waals surface area contributed by atoms with Gasteiger partial charge in [0, 0.05) is 43.2 Å². The number of hydrogen-bond donors (Lipinski definition) is 1. The van der Waals surface area contributed by atoms with Crippen LogP contribution in [-0.2, 0) is 10.2 Å². The molecule has 4 nitrogen and oxygen atoms in total. The summed E-state index contributed by atoms with van der Waals surface area (Å²) in [6.07, 6.45) is 6.40. The van der Waals surface area contributed by atoms with Crippen molar-refractivity contribution >= 4 is 21.9 Å². The summed E-state index contributed by atoms with van der Waals surface area (Å²) in [7, 11) is 1.89. The monoisotopic (exact) mass is 407 g/mol. The largest absolute Gasteiger partial charge is 0.378 e. The zero-order valence-electron chi connectivity index (χ0n) is 15.4. The number of nitrogens with zero attached hydrogens (tertiary/aromatic N) is 2. The summed E-state index contributed by atoms with van der Waals surface area (Å²) in [5.74, 6) is 1.04. The van der Waals surface area contributed by atoms with Crippen molar-refractivity contribution in [1.82, 2.24) is 10.2 Å². The van der Waals surface area contributed by atoms with Gasteiger partial charge in [-0.05, 0) is 50.3 Å². The van der Waals surface area contributed by atoms with Crippen LogP contribution in [0.1, 0.15) is 44.6 Å². The number of nitrogens with one attached hydrogen (secondary N) is 1. The van der Waals surface area contributed by atoms with E-state index in [4.69, 9.17) is 4.74 Å². The van der Waals surface area contributed by atoms with Crippen molar-refractivity contribution in [1.29, 1.82) is 0 Å². The van der Waals surface area contributed by atoms with E-state index in [1.54, 1.807) is 0 Å². The van der Waals surface area contributed by atoms with Crippen LogP contribution in [0.3, 0.4) is 0 Å². The van der Waals surface area contributed by atoms with Gasteiger partial charge < -0.3 is 15.0 Å². The van der Waals surface area contributed by atoms with Crippen molar-refractivity contribution in [3.8, 4) is 0 Å². The van der Waals surface area contributed by atoms with Crippen molar-refractivity contribution in [3.05, 3.63) is 34.3 Å². The van der Waals surface area contributed by atoms with Crippen molar-refractivity contribution in [2.45, 2.75) is 50.5 Å². The Hall–Kier alpha value is -1.07. The fourth-order valence-corrected chi connectivity index (χ4v) is 4.44. The molecule has 0 atom stereocenters. The highest BCUT2D eigenvalue weighted by atomic mass is 79.9. The quantitative estimate of drug-likeness (QED) is 0.592. The first-order chi connectivity index (χ1) is 12.2. The molecule has 5 heteroatoms. The molecule has 1 aliphatic carbocycles. The molecule has 1 saturated heterocycles. The van der Waals surface area contributed by atoms with Gasteiger partial charge in [-0.1, -0.05) is 34.5 Å². The molecule has 2 fully saturated rings. The molecule has 0 unspecified atom stereocenters. The minimum atomic E-state index is 0.253. The van der Waals surface area contributed by atoms with E-state index in [0.717, 1.165) is 45.0 Å². The highest BCUT2D eigenvalue weighted by Crippen LogP contribution is 2.43. The lowest BCUT2D eigenvalue weighted by Crippen LogP contribution is -2.52. The summed E-state index contributed by atoms with van der Waals surface area (Å²) < 4.78 is 6.93. The summed E-state index contributed by atoms with van der Waals surface area (Å²) in [6.45, 7) is 5.89. The van der Waals surface area contributed by atoms with Gasteiger partial charge in [0.25, 0.3) is 0 Å². The number of guanidine groups is 1. The molecule has 138 valence electrons. The Morgan fingerprint density at radius 2 is 2.12 bits per heavy atom. The molecule has 1 heterocycles. The van der Waals surface area contributed by atoms with Gasteiger partial charge in [-0.2, -0.15) is 0 Å². The summed E-state index contributed by atoms with van der Waals surface area (Å²) in [6, 6.07) is 8.79. The normalized spacial score (nSPS) is 21.1. The SMILES string of the molecule is CCOC1CCN(C(=NC)NCC2(c3cccc(Br)c3)CCC2)CC1. The van der Waals surface area contributed by atoms with E-state index < -0.39 is 0 Å². The van der Waals surface area contributed by atoms with Crippen LogP contribution < -0.4 is 5.32 Å². The smallest absolute Gasteiger partial charge is 0.193 e. The number of likely N-dealkylation sites (tertiary alicyclic amines) is 1. The lowest BCUT2D eigenvalue weighted by molar-refractivity contribution is 0.0262. The molecule has 25 heavy (non-hydrogen) atoms. The number of hydrogen-bond acceptors (Lipinski definition) is 2. The number of benzene rings is 1. The van der Waals surface area contributed by atoms with Crippen LogP contribution in [0, 0.1) is 0 Å². The van der Waals surface area contributed by atoms with Crippen LogP contribution in [0.15, 0.2) is 33.7 Å². The van der Waals surface area contributed by atoms with Crippen molar-refractivity contribution in [2.75, 3.05) is 33.3 Å². The van der Waals surface area contributed by atoms with Gasteiger partial charge in [-0.15, -0.1) is 0 Å². The first-order valence-electron chi connectivity index (χ1n) is 9.50. The standard InChI is InChI=1S/C20H30BrN3O/c1-3-25-18-8-12-24(13-9-18)19(22-2)23-15-20(10-5-11-20)16-6-4-7-17(21)14-16/h4,6-7,14,18H,3,5,8-13,15H2,1-2H3,(H,22,23). The third kappa shape index (κ3) is 4.37. The number of ether oxygens (including phenoxy) is 1. The van der Waals surface area contributed by atoms with Crippen LogP contribution in [0.5, 0.6) is 0 Å². The third-order valence-corrected chi connectivity index (χ3v) is 6.18. The highest BCUT2D eigenvalue weighted by molar-refractivity contribution is 9.10. The first-order valence-corrected chi connectivity index (χ1v) is 10.3. The van der Waals surface area contributed by atoms with E-state index in [1.807, 2.05) is 7.05 Å². The van der Waals surface area contributed by atoms with Crippen molar-refractivity contribution in [3.63, 3.8) is 0 Å². The van der Waals surface area contributed by atoms with E-state index in [2.05, 4.69) is 62.3 Å². The molecule has 1 aromatic carbocycles. The third-order valence-electron chi connectivity index (χ3n) is 5.69.